The van der Waals surface area contributed by atoms with Crippen LogP contribution >= 0.6 is 0 Å². The molecule has 256 valence electrons. The Morgan fingerprint density at radius 2 is 1.66 bits per heavy atom. The van der Waals surface area contributed by atoms with Crippen molar-refractivity contribution in [2.75, 3.05) is 37.6 Å². The van der Waals surface area contributed by atoms with E-state index in [0.29, 0.717) is 25.3 Å². The SMILES string of the molecule is CCCCN(CC(F)(F)F)C(=O)C1c2ccccc2-c2ccc(C3CCCCN3CC3CCCCC3)c(N3CCCCC3NC=O)c21. The number of carbonyl (C=O) groups excluding carboxylic acids is 2. The molecule has 1 saturated carbocycles. The quantitative estimate of drug-likeness (QED) is 0.249. The molecule has 4 aliphatic rings. The number of amides is 2. The van der Waals surface area contributed by atoms with Crippen molar-refractivity contribution in [2.24, 2.45) is 5.92 Å². The van der Waals surface area contributed by atoms with Gasteiger partial charge in [-0.3, -0.25) is 14.5 Å². The van der Waals surface area contributed by atoms with E-state index in [1.54, 1.807) is 0 Å². The molecule has 1 N–H and O–H groups in total. The number of likely N-dealkylation sites (tertiary alicyclic amines) is 1. The fraction of sp³-hybridized carbons (Fsp3) is 0.632. The zero-order chi connectivity index (χ0) is 33.0. The third kappa shape index (κ3) is 7.35. The number of unbranched alkanes of at least 4 members (excludes halogenated alkanes) is 1. The molecule has 2 amide bonds. The van der Waals surface area contributed by atoms with Gasteiger partial charge in [-0.05, 0) is 86.1 Å². The summed E-state index contributed by atoms with van der Waals surface area (Å²) in [6.07, 6.45) is 9.58. The third-order valence-electron chi connectivity index (χ3n) is 11.0. The van der Waals surface area contributed by atoms with E-state index in [-0.39, 0.29) is 18.8 Å². The molecule has 2 heterocycles. The molecule has 2 aliphatic carbocycles. The summed E-state index contributed by atoms with van der Waals surface area (Å²) in [5.74, 6) is -0.653. The van der Waals surface area contributed by atoms with Gasteiger partial charge in [0.15, 0.2) is 0 Å². The van der Waals surface area contributed by atoms with Crippen LogP contribution < -0.4 is 10.2 Å². The Kier molecular flexibility index (Phi) is 10.8. The van der Waals surface area contributed by atoms with Crippen molar-refractivity contribution in [3.63, 3.8) is 0 Å². The highest BCUT2D eigenvalue weighted by Crippen LogP contribution is 2.53. The second kappa shape index (κ2) is 15.0. The average molecular weight is 653 g/mol. The van der Waals surface area contributed by atoms with Crippen LogP contribution in [-0.4, -0.2) is 67.2 Å². The van der Waals surface area contributed by atoms with Crippen LogP contribution in [0.3, 0.4) is 0 Å². The number of nitrogens with zero attached hydrogens (tertiary/aromatic N) is 3. The zero-order valence-corrected chi connectivity index (χ0v) is 27.9. The van der Waals surface area contributed by atoms with Crippen molar-refractivity contribution in [1.82, 2.24) is 15.1 Å². The molecule has 0 radical (unpaired) electrons. The van der Waals surface area contributed by atoms with E-state index in [0.717, 1.165) is 96.4 Å². The summed E-state index contributed by atoms with van der Waals surface area (Å²) in [7, 11) is 0. The summed E-state index contributed by atoms with van der Waals surface area (Å²) in [6.45, 7) is 3.52. The summed E-state index contributed by atoms with van der Waals surface area (Å²) in [6, 6.07) is 12.3. The van der Waals surface area contributed by atoms with Crippen molar-refractivity contribution in [3.05, 3.63) is 53.1 Å². The van der Waals surface area contributed by atoms with Gasteiger partial charge in [0.05, 0.1) is 5.92 Å². The van der Waals surface area contributed by atoms with Gasteiger partial charge < -0.3 is 15.1 Å². The number of anilines is 1. The minimum atomic E-state index is -4.50. The van der Waals surface area contributed by atoms with Crippen molar-refractivity contribution >= 4 is 18.0 Å². The van der Waals surface area contributed by atoms with Crippen LogP contribution in [0.2, 0.25) is 0 Å². The van der Waals surface area contributed by atoms with Crippen LogP contribution in [0, 0.1) is 5.92 Å². The smallest absolute Gasteiger partial charge is 0.351 e. The Hall–Kier alpha value is -3.07. The first kappa shape index (κ1) is 33.8. The second-order valence-electron chi connectivity index (χ2n) is 14.2. The first-order valence-electron chi connectivity index (χ1n) is 18.1. The lowest BCUT2D eigenvalue weighted by Gasteiger charge is -2.44. The van der Waals surface area contributed by atoms with Gasteiger partial charge in [0.25, 0.3) is 0 Å². The highest BCUT2D eigenvalue weighted by Gasteiger charge is 2.44. The van der Waals surface area contributed by atoms with Crippen molar-refractivity contribution in [2.45, 2.75) is 115 Å². The van der Waals surface area contributed by atoms with Crippen LogP contribution in [0.5, 0.6) is 0 Å². The third-order valence-corrected chi connectivity index (χ3v) is 11.0. The lowest BCUT2D eigenvalue weighted by Crippen LogP contribution is -2.50. The zero-order valence-electron chi connectivity index (χ0n) is 27.9. The van der Waals surface area contributed by atoms with Gasteiger partial charge in [0.2, 0.25) is 12.3 Å². The molecular weight excluding hydrogens is 601 g/mol. The Morgan fingerprint density at radius 1 is 0.915 bits per heavy atom. The van der Waals surface area contributed by atoms with Gasteiger partial charge in [-0.15, -0.1) is 0 Å². The van der Waals surface area contributed by atoms with Gasteiger partial charge in [0, 0.05) is 36.9 Å². The molecule has 6 nitrogen and oxygen atoms in total. The summed E-state index contributed by atoms with van der Waals surface area (Å²) in [5.41, 5.74) is 5.54. The summed E-state index contributed by atoms with van der Waals surface area (Å²) in [5, 5.41) is 3.07. The van der Waals surface area contributed by atoms with Gasteiger partial charge in [0.1, 0.15) is 12.7 Å². The van der Waals surface area contributed by atoms with E-state index in [9.17, 15) is 22.8 Å². The lowest BCUT2D eigenvalue weighted by atomic mass is 9.84. The summed E-state index contributed by atoms with van der Waals surface area (Å²) in [4.78, 5) is 32.5. The highest BCUT2D eigenvalue weighted by atomic mass is 19.4. The first-order valence-corrected chi connectivity index (χ1v) is 18.1. The van der Waals surface area contributed by atoms with E-state index in [1.807, 2.05) is 31.2 Å². The minimum Gasteiger partial charge on any atom is -0.351 e. The van der Waals surface area contributed by atoms with E-state index in [2.05, 4.69) is 27.2 Å². The molecule has 47 heavy (non-hydrogen) atoms. The van der Waals surface area contributed by atoms with Crippen LogP contribution in [0.15, 0.2) is 36.4 Å². The molecule has 3 fully saturated rings. The lowest BCUT2D eigenvalue weighted by molar-refractivity contribution is -0.161. The molecule has 2 aromatic carbocycles. The van der Waals surface area contributed by atoms with E-state index >= 15 is 0 Å². The van der Waals surface area contributed by atoms with Gasteiger partial charge >= 0.3 is 6.18 Å². The number of hydrogen-bond acceptors (Lipinski definition) is 4. The van der Waals surface area contributed by atoms with Gasteiger partial charge in [-0.1, -0.05) is 75.4 Å². The second-order valence-corrected chi connectivity index (χ2v) is 14.2. The molecule has 2 aromatic rings. The Labute approximate surface area is 278 Å². The Morgan fingerprint density at radius 3 is 2.43 bits per heavy atom. The Bertz CT molecular complexity index is 1390. The van der Waals surface area contributed by atoms with Gasteiger partial charge in [-0.2, -0.15) is 13.2 Å². The number of hydrogen-bond donors (Lipinski definition) is 1. The molecule has 0 aromatic heterocycles. The van der Waals surface area contributed by atoms with E-state index in [1.165, 1.54) is 32.1 Å². The number of rotatable bonds is 11. The number of alkyl halides is 3. The van der Waals surface area contributed by atoms with Crippen molar-refractivity contribution in [3.8, 4) is 11.1 Å². The maximum absolute atomic E-state index is 14.6. The number of carbonyl (C=O) groups is 2. The molecule has 2 aliphatic heterocycles. The number of halogens is 3. The molecule has 3 unspecified atom stereocenters. The van der Waals surface area contributed by atoms with Crippen LogP contribution in [0.1, 0.15) is 119 Å². The Balaban J connectivity index is 1.51. The van der Waals surface area contributed by atoms with Crippen molar-refractivity contribution in [1.29, 1.82) is 0 Å². The minimum absolute atomic E-state index is 0.0642. The summed E-state index contributed by atoms with van der Waals surface area (Å²) >= 11 is 0. The fourth-order valence-electron chi connectivity index (χ4n) is 8.88. The van der Waals surface area contributed by atoms with Crippen LogP contribution in [-0.2, 0) is 9.59 Å². The number of piperidine rings is 2. The average Bonchev–Trinajstić information content (AvgIpc) is 3.41. The van der Waals surface area contributed by atoms with Crippen LogP contribution in [0.4, 0.5) is 18.9 Å². The fourth-order valence-corrected chi connectivity index (χ4v) is 8.88. The number of fused-ring (bicyclic) bond motifs is 3. The summed E-state index contributed by atoms with van der Waals surface area (Å²) < 4.78 is 41.9. The maximum Gasteiger partial charge on any atom is 0.406 e. The first-order chi connectivity index (χ1) is 22.8. The molecule has 3 atom stereocenters. The van der Waals surface area contributed by atoms with Crippen molar-refractivity contribution < 1.29 is 22.8 Å². The van der Waals surface area contributed by atoms with Crippen LogP contribution in [0.25, 0.3) is 11.1 Å². The molecular formula is C38H51F3N4O2. The number of benzene rings is 2. The predicted octanol–water partition coefficient (Wildman–Crippen LogP) is 8.16. The normalized spacial score (nSPS) is 23.7. The molecule has 0 spiro atoms. The standard InChI is InChI=1S/C38H51F3N4O2/c1-2-3-21-44(25-38(39,40)41)37(47)35-29-16-8-7-15-28(29)30-19-20-31(36(34(30)35)45-23-12-10-18-33(45)42-26-46)32-17-9-11-22-43(32)24-27-13-5-4-6-14-27/h7-8,15-16,19-20,26-27,32-33,35H,2-6,9-14,17-18,21-25H2,1H3,(H,42,46). The largest absolute Gasteiger partial charge is 0.406 e. The molecule has 9 heteroatoms. The van der Waals surface area contributed by atoms with E-state index in [4.69, 9.17) is 0 Å². The highest BCUT2D eigenvalue weighted by molar-refractivity contribution is 5.99. The maximum atomic E-state index is 14.6. The predicted molar refractivity (Wildman–Crippen MR) is 180 cm³/mol. The topological polar surface area (TPSA) is 55.9 Å². The number of nitrogens with one attached hydrogen (secondary N) is 1. The monoisotopic (exact) mass is 652 g/mol. The van der Waals surface area contributed by atoms with E-state index < -0.39 is 24.5 Å². The van der Waals surface area contributed by atoms with Gasteiger partial charge in [-0.25, -0.2) is 0 Å². The molecule has 6 rings (SSSR count). The molecule has 0 bridgehead atoms. The molecule has 2 saturated heterocycles.